The van der Waals surface area contributed by atoms with Crippen molar-refractivity contribution in [3.8, 4) is 11.3 Å². The van der Waals surface area contributed by atoms with Gasteiger partial charge in [-0.2, -0.15) is 0 Å². The van der Waals surface area contributed by atoms with E-state index in [1.54, 1.807) is 18.3 Å². The SMILES string of the molecule is Cc1ccc(C(O)C(=O)Nc2ccc(-c3ccnc(N)n3)cc2N2CCC(N(C)C)CC2)cc1. The van der Waals surface area contributed by atoms with Crippen molar-refractivity contribution in [2.24, 2.45) is 0 Å². The molecule has 34 heavy (non-hydrogen) atoms. The number of aryl methyl sites for hydroxylation is 1. The summed E-state index contributed by atoms with van der Waals surface area (Å²) in [7, 11) is 4.22. The summed E-state index contributed by atoms with van der Waals surface area (Å²) in [4.78, 5) is 25.8. The van der Waals surface area contributed by atoms with Gasteiger partial charge in [-0.1, -0.05) is 35.9 Å². The number of carbonyl (C=O) groups excluding carboxylic acids is 1. The Morgan fingerprint density at radius 3 is 2.50 bits per heavy atom. The summed E-state index contributed by atoms with van der Waals surface area (Å²) in [5, 5.41) is 13.6. The number of nitrogens with two attached hydrogens (primary N) is 1. The third-order valence-electron chi connectivity index (χ3n) is 6.40. The summed E-state index contributed by atoms with van der Waals surface area (Å²) in [5.41, 5.74) is 10.6. The summed E-state index contributed by atoms with van der Waals surface area (Å²) < 4.78 is 0. The third-order valence-corrected chi connectivity index (χ3v) is 6.40. The molecule has 2 aromatic carbocycles. The first-order chi connectivity index (χ1) is 16.3. The average Bonchev–Trinajstić information content (AvgIpc) is 2.84. The molecule has 4 rings (SSSR count). The first-order valence-electron chi connectivity index (χ1n) is 11.5. The molecule has 178 valence electrons. The standard InChI is InChI=1S/C26H32N6O2/c1-17-4-6-18(7-5-17)24(33)25(34)29-22-9-8-19(21-10-13-28-26(27)30-21)16-23(22)32-14-11-20(12-15-32)31(2)3/h4-10,13,16,20,24,33H,11-12,14-15H2,1-3H3,(H,29,34)(H2,27,28,30). The fraction of sp³-hybridized carbons (Fsp3) is 0.346. The lowest BCUT2D eigenvalue weighted by Gasteiger charge is -2.37. The van der Waals surface area contributed by atoms with Gasteiger partial charge in [-0.15, -0.1) is 0 Å². The maximum Gasteiger partial charge on any atom is 0.257 e. The monoisotopic (exact) mass is 460 g/mol. The second kappa shape index (κ2) is 10.2. The molecule has 0 bridgehead atoms. The van der Waals surface area contributed by atoms with Crippen LogP contribution in [0.15, 0.2) is 54.7 Å². The van der Waals surface area contributed by atoms with Crippen LogP contribution >= 0.6 is 0 Å². The Balaban J connectivity index is 1.62. The number of benzene rings is 2. The van der Waals surface area contributed by atoms with Crippen molar-refractivity contribution in [3.05, 3.63) is 65.9 Å². The minimum Gasteiger partial charge on any atom is -0.378 e. The molecule has 3 aromatic rings. The predicted octanol–water partition coefficient (Wildman–Crippen LogP) is 3.24. The number of piperidine rings is 1. The van der Waals surface area contributed by atoms with E-state index >= 15 is 0 Å². The molecular formula is C26H32N6O2. The number of carbonyl (C=O) groups is 1. The number of anilines is 3. The summed E-state index contributed by atoms with van der Waals surface area (Å²) in [6.07, 6.45) is 2.43. The molecule has 0 spiro atoms. The van der Waals surface area contributed by atoms with Gasteiger partial charge in [0.15, 0.2) is 6.10 Å². The molecule has 4 N–H and O–H groups in total. The fourth-order valence-corrected chi connectivity index (χ4v) is 4.32. The third kappa shape index (κ3) is 5.35. The number of nitrogens with one attached hydrogen (secondary N) is 1. The highest BCUT2D eigenvalue weighted by atomic mass is 16.3. The van der Waals surface area contributed by atoms with E-state index in [2.05, 4.69) is 39.2 Å². The Morgan fingerprint density at radius 2 is 1.85 bits per heavy atom. The Morgan fingerprint density at radius 1 is 1.15 bits per heavy atom. The lowest BCUT2D eigenvalue weighted by molar-refractivity contribution is -0.124. The van der Waals surface area contributed by atoms with Crippen molar-refractivity contribution in [2.45, 2.75) is 31.9 Å². The molecule has 1 aliphatic rings. The van der Waals surface area contributed by atoms with Crippen LogP contribution in [0.3, 0.4) is 0 Å². The first kappa shape index (κ1) is 23.7. The lowest BCUT2D eigenvalue weighted by Crippen LogP contribution is -2.42. The van der Waals surface area contributed by atoms with Gasteiger partial charge in [0.25, 0.3) is 5.91 Å². The zero-order valence-corrected chi connectivity index (χ0v) is 19.9. The molecular weight excluding hydrogens is 428 g/mol. The number of aromatic nitrogens is 2. The van der Waals surface area contributed by atoms with Crippen LogP contribution in [0.25, 0.3) is 11.3 Å². The summed E-state index contributed by atoms with van der Waals surface area (Å²) in [5.74, 6) is -0.253. The van der Waals surface area contributed by atoms with Crippen LogP contribution in [-0.2, 0) is 4.79 Å². The van der Waals surface area contributed by atoms with Crippen molar-refractivity contribution < 1.29 is 9.90 Å². The summed E-state index contributed by atoms with van der Waals surface area (Å²) >= 11 is 0. The molecule has 0 radical (unpaired) electrons. The van der Waals surface area contributed by atoms with Gasteiger partial charge in [0.05, 0.1) is 17.1 Å². The highest BCUT2D eigenvalue weighted by Crippen LogP contribution is 2.34. The smallest absolute Gasteiger partial charge is 0.257 e. The molecule has 1 fully saturated rings. The number of aliphatic hydroxyl groups excluding tert-OH is 1. The molecule has 1 aromatic heterocycles. The second-order valence-electron chi connectivity index (χ2n) is 9.02. The van der Waals surface area contributed by atoms with E-state index < -0.39 is 12.0 Å². The molecule has 2 heterocycles. The number of hydrogen-bond acceptors (Lipinski definition) is 7. The highest BCUT2D eigenvalue weighted by Gasteiger charge is 2.25. The van der Waals surface area contributed by atoms with E-state index in [1.807, 2.05) is 43.3 Å². The van der Waals surface area contributed by atoms with E-state index in [1.165, 1.54) is 0 Å². The summed E-state index contributed by atoms with van der Waals surface area (Å²) in [6, 6.07) is 15.4. The molecule has 0 saturated carbocycles. The Hall–Kier alpha value is -3.49. The topological polar surface area (TPSA) is 108 Å². The van der Waals surface area contributed by atoms with Gasteiger partial charge in [0.2, 0.25) is 5.95 Å². The number of nitrogen functional groups attached to an aromatic ring is 1. The van der Waals surface area contributed by atoms with Gasteiger partial charge in [-0.05, 0) is 57.6 Å². The lowest BCUT2D eigenvalue weighted by atomic mass is 10.0. The Labute approximate surface area is 200 Å². The molecule has 8 heteroatoms. The number of nitrogens with zero attached hydrogens (tertiary/aromatic N) is 4. The molecule has 1 unspecified atom stereocenters. The zero-order chi connectivity index (χ0) is 24.2. The minimum atomic E-state index is -1.26. The van der Waals surface area contributed by atoms with Crippen molar-refractivity contribution in [2.75, 3.05) is 43.1 Å². The number of hydrogen-bond donors (Lipinski definition) is 3. The largest absolute Gasteiger partial charge is 0.378 e. The molecule has 1 saturated heterocycles. The van der Waals surface area contributed by atoms with Crippen LogP contribution in [-0.4, -0.2) is 59.1 Å². The fourth-order valence-electron chi connectivity index (χ4n) is 4.32. The van der Waals surface area contributed by atoms with Crippen LogP contribution in [0.5, 0.6) is 0 Å². The summed E-state index contributed by atoms with van der Waals surface area (Å²) in [6.45, 7) is 3.69. The van der Waals surface area contributed by atoms with E-state index in [4.69, 9.17) is 5.73 Å². The normalized spacial score (nSPS) is 15.4. The van der Waals surface area contributed by atoms with Crippen LogP contribution < -0.4 is 16.0 Å². The van der Waals surface area contributed by atoms with Crippen molar-refractivity contribution >= 4 is 23.2 Å². The van der Waals surface area contributed by atoms with E-state index in [-0.39, 0.29) is 5.95 Å². The maximum absolute atomic E-state index is 13.0. The van der Waals surface area contributed by atoms with Gasteiger partial charge in [-0.25, -0.2) is 9.97 Å². The predicted molar refractivity (Wildman–Crippen MR) is 136 cm³/mol. The highest BCUT2D eigenvalue weighted by molar-refractivity contribution is 5.98. The van der Waals surface area contributed by atoms with Crippen LogP contribution in [0.2, 0.25) is 0 Å². The average molecular weight is 461 g/mol. The maximum atomic E-state index is 13.0. The molecule has 0 aliphatic carbocycles. The van der Waals surface area contributed by atoms with Crippen LogP contribution in [0, 0.1) is 6.92 Å². The number of amides is 1. The van der Waals surface area contributed by atoms with Gasteiger partial charge >= 0.3 is 0 Å². The van der Waals surface area contributed by atoms with Gasteiger partial charge in [0.1, 0.15) is 0 Å². The molecule has 1 amide bonds. The van der Waals surface area contributed by atoms with Crippen LogP contribution in [0.1, 0.15) is 30.1 Å². The van der Waals surface area contributed by atoms with E-state index in [0.717, 1.165) is 48.4 Å². The minimum absolute atomic E-state index is 0.212. The first-order valence-corrected chi connectivity index (χ1v) is 11.5. The van der Waals surface area contributed by atoms with E-state index in [9.17, 15) is 9.90 Å². The molecule has 8 nitrogen and oxygen atoms in total. The van der Waals surface area contributed by atoms with Crippen molar-refractivity contribution in [1.82, 2.24) is 14.9 Å². The van der Waals surface area contributed by atoms with E-state index in [0.29, 0.717) is 17.3 Å². The Bertz CT molecular complexity index is 1140. The van der Waals surface area contributed by atoms with Crippen LogP contribution in [0.4, 0.5) is 17.3 Å². The Kier molecular flexibility index (Phi) is 7.09. The number of aliphatic hydroxyl groups is 1. The molecule has 1 aliphatic heterocycles. The molecule has 1 atom stereocenters. The second-order valence-corrected chi connectivity index (χ2v) is 9.02. The van der Waals surface area contributed by atoms with Gasteiger partial charge < -0.3 is 26.0 Å². The zero-order valence-electron chi connectivity index (χ0n) is 19.9. The number of rotatable bonds is 6. The van der Waals surface area contributed by atoms with Gasteiger partial charge in [-0.3, -0.25) is 4.79 Å². The van der Waals surface area contributed by atoms with Crippen molar-refractivity contribution in [1.29, 1.82) is 0 Å². The van der Waals surface area contributed by atoms with Gasteiger partial charge in [0, 0.05) is 30.9 Å². The van der Waals surface area contributed by atoms with Crippen molar-refractivity contribution in [3.63, 3.8) is 0 Å². The quantitative estimate of drug-likeness (QED) is 0.518.